The van der Waals surface area contributed by atoms with Gasteiger partial charge in [-0.1, -0.05) is 12.1 Å². The van der Waals surface area contributed by atoms with Gasteiger partial charge in [0.1, 0.15) is 17.7 Å². The summed E-state index contributed by atoms with van der Waals surface area (Å²) in [5, 5.41) is 0. The van der Waals surface area contributed by atoms with Crippen molar-refractivity contribution in [3.05, 3.63) is 54.2 Å². The van der Waals surface area contributed by atoms with Crippen LogP contribution in [0.15, 0.2) is 42.9 Å². The zero-order chi connectivity index (χ0) is 12.5. The number of benzene rings is 1. The van der Waals surface area contributed by atoms with Crippen molar-refractivity contribution in [2.45, 2.75) is 6.54 Å². The number of nitrogens with two attached hydrogens (primary N) is 1. The first-order valence-electron chi connectivity index (χ1n) is 5.56. The summed E-state index contributed by atoms with van der Waals surface area (Å²) in [6.07, 6.45) is 3.25. The first kappa shape index (κ1) is 10.9. The standard InChI is InChI=1S/C13H11FN4/c14-10-3-1-2-4-12(10)18-8-17-11-5-9(6-15)7-16-13(11)18/h1-5,7-8H,6,15H2. The van der Waals surface area contributed by atoms with Gasteiger partial charge in [-0.05, 0) is 23.8 Å². The third kappa shape index (κ3) is 1.65. The zero-order valence-corrected chi connectivity index (χ0v) is 9.55. The molecule has 0 saturated heterocycles. The fraction of sp³-hybridized carbons (Fsp3) is 0.0769. The van der Waals surface area contributed by atoms with Crippen molar-refractivity contribution >= 4 is 11.2 Å². The molecular formula is C13H11FN4. The van der Waals surface area contributed by atoms with Crippen LogP contribution in [0.3, 0.4) is 0 Å². The van der Waals surface area contributed by atoms with Crippen molar-refractivity contribution in [3.8, 4) is 5.69 Å². The van der Waals surface area contributed by atoms with Gasteiger partial charge in [0.25, 0.3) is 0 Å². The van der Waals surface area contributed by atoms with Crippen molar-refractivity contribution in [2.75, 3.05) is 0 Å². The molecule has 0 unspecified atom stereocenters. The van der Waals surface area contributed by atoms with E-state index in [4.69, 9.17) is 5.73 Å². The van der Waals surface area contributed by atoms with Gasteiger partial charge in [0.05, 0.1) is 5.69 Å². The summed E-state index contributed by atoms with van der Waals surface area (Å²) >= 11 is 0. The molecule has 2 heterocycles. The Kier molecular flexibility index (Phi) is 2.53. The van der Waals surface area contributed by atoms with Gasteiger partial charge in [-0.15, -0.1) is 0 Å². The SMILES string of the molecule is NCc1cnc2c(c1)ncn2-c1ccccc1F. The minimum Gasteiger partial charge on any atom is -0.326 e. The molecule has 3 aromatic rings. The lowest BCUT2D eigenvalue weighted by molar-refractivity contribution is 0.619. The number of hydrogen-bond acceptors (Lipinski definition) is 3. The minimum absolute atomic E-state index is 0.304. The second-order valence-electron chi connectivity index (χ2n) is 3.96. The fourth-order valence-electron chi connectivity index (χ4n) is 1.88. The highest BCUT2D eigenvalue weighted by atomic mass is 19.1. The Labute approximate surface area is 103 Å². The van der Waals surface area contributed by atoms with Crippen molar-refractivity contribution < 1.29 is 4.39 Å². The van der Waals surface area contributed by atoms with Gasteiger partial charge in [0, 0.05) is 12.7 Å². The summed E-state index contributed by atoms with van der Waals surface area (Å²) in [6, 6.07) is 8.39. The molecule has 0 atom stereocenters. The molecule has 0 radical (unpaired) electrons. The molecule has 1 aromatic carbocycles. The van der Waals surface area contributed by atoms with E-state index in [9.17, 15) is 4.39 Å². The van der Waals surface area contributed by atoms with Crippen LogP contribution in [0.5, 0.6) is 0 Å². The van der Waals surface area contributed by atoms with Crippen LogP contribution < -0.4 is 5.73 Å². The summed E-state index contributed by atoms with van der Waals surface area (Å²) in [5.41, 5.74) is 8.22. The van der Waals surface area contributed by atoms with Gasteiger partial charge in [0.2, 0.25) is 0 Å². The molecule has 18 heavy (non-hydrogen) atoms. The summed E-state index contributed by atoms with van der Waals surface area (Å²) in [4.78, 5) is 8.51. The van der Waals surface area contributed by atoms with E-state index in [1.807, 2.05) is 6.07 Å². The molecule has 0 spiro atoms. The maximum absolute atomic E-state index is 13.7. The summed E-state index contributed by atoms with van der Waals surface area (Å²) in [6.45, 7) is 0.412. The second-order valence-corrected chi connectivity index (χ2v) is 3.96. The highest BCUT2D eigenvalue weighted by Crippen LogP contribution is 2.19. The van der Waals surface area contributed by atoms with Gasteiger partial charge in [-0.2, -0.15) is 0 Å². The van der Waals surface area contributed by atoms with E-state index in [0.717, 1.165) is 5.56 Å². The maximum Gasteiger partial charge on any atom is 0.164 e. The molecule has 0 saturated carbocycles. The number of imidazole rings is 1. The predicted molar refractivity (Wildman–Crippen MR) is 66.7 cm³/mol. The largest absolute Gasteiger partial charge is 0.326 e. The Hall–Kier alpha value is -2.27. The van der Waals surface area contributed by atoms with E-state index in [0.29, 0.717) is 23.4 Å². The molecule has 90 valence electrons. The highest BCUT2D eigenvalue weighted by Gasteiger charge is 2.09. The van der Waals surface area contributed by atoms with Gasteiger partial charge in [-0.25, -0.2) is 14.4 Å². The molecule has 3 rings (SSSR count). The molecule has 0 aliphatic carbocycles. The quantitative estimate of drug-likeness (QED) is 0.748. The van der Waals surface area contributed by atoms with Crippen LogP contribution >= 0.6 is 0 Å². The lowest BCUT2D eigenvalue weighted by atomic mass is 10.2. The highest BCUT2D eigenvalue weighted by molar-refractivity contribution is 5.73. The number of aromatic nitrogens is 3. The molecule has 0 aliphatic heterocycles. The van der Waals surface area contributed by atoms with Crippen LogP contribution in [0.25, 0.3) is 16.9 Å². The Bertz CT molecular complexity index is 705. The number of nitrogens with zero attached hydrogens (tertiary/aromatic N) is 3. The first-order valence-corrected chi connectivity index (χ1v) is 5.56. The molecule has 0 amide bonds. The normalized spacial score (nSPS) is 11.0. The number of pyridine rings is 1. The molecule has 4 nitrogen and oxygen atoms in total. The average Bonchev–Trinajstić information content (AvgIpc) is 2.82. The van der Waals surface area contributed by atoms with Crippen molar-refractivity contribution in [2.24, 2.45) is 5.73 Å². The Morgan fingerprint density at radius 2 is 2.06 bits per heavy atom. The van der Waals surface area contributed by atoms with Gasteiger partial charge in [-0.3, -0.25) is 4.57 Å². The average molecular weight is 242 g/mol. The van der Waals surface area contributed by atoms with E-state index in [1.54, 1.807) is 35.3 Å². The number of para-hydroxylation sites is 1. The van der Waals surface area contributed by atoms with Gasteiger partial charge >= 0.3 is 0 Å². The third-order valence-electron chi connectivity index (χ3n) is 2.79. The molecule has 2 aromatic heterocycles. The smallest absolute Gasteiger partial charge is 0.164 e. The Balaban J connectivity index is 2.22. The van der Waals surface area contributed by atoms with Crippen molar-refractivity contribution in [3.63, 3.8) is 0 Å². The van der Waals surface area contributed by atoms with Crippen molar-refractivity contribution in [1.82, 2.24) is 14.5 Å². The molecule has 2 N–H and O–H groups in total. The third-order valence-corrected chi connectivity index (χ3v) is 2.79. The van der Waals surface area contributed by atoms with E-state index in [1.165, 1.54) is 6.07 Å². The fourth-order valence-corrected chi connectivity index (χ4v) is 1.88. The molecular weight excluding hydrogens is 231 g/mol. The molecule has 0 bridgehead atoms. The second kappa shape index (κ2) is 4.19. The van der Waals surface area contributed by atoms with Crippen LogP contribution in [-0.4, -0.2) is 14.5 Å². The summed E-state index contributed by atoms with van der Waals surface area (Å²) < 4.78 is 15.4. The molecule has 0 fully saturated rings. The van der Waals surface area contributed by atoms with Crippen molar-refractivity contribution in [1.29, 1.82) is 0 Å². The van der Waals surface area contributed by atoms with Crippen LogP contribution in [-0.2, 0) is 6.54 Å². The predicted octanol–water partition coefficient (Wildman–Crippen LogP) is 2.02. The summed E-state index contributed by atoms with van der Waals surface area (Å²) in [7, 11) is 0. The number of halogens is 1. The van der Waals surface area contributed by atoms with Crippen LogP contribution in [0.4, 0.5) is 4.39 Å². The van der Waals surface area contributed by atoms with Gasteiger partial charge < -0.3 is 5.73 Å². The zero-order valence-electron chi connectivity index (χ0n) is 9.55. The van der Waals surface area contributed by atoms with Crippen LogP contribution in [0.2, 0.25) is 0 Å². The Morgan fingerprint density at radius 3 is 2.83 bits per heavy atom. The number of hydrogen-bond donors (Lipinski definition) is 1. The van der Waals surface area contributed by atoms with Crippen LogP contribution in [0.1, 0.15) is 5.56 Å². The maximum atomic E-state index is 13.7. The lowest BCUT2D eigenvalue weighted by Crippen LogP contribution is -1.99. The number of rotatable bonds is 2. The van der Waals surface area contributed by atoms with Gasteiger partial charge in [0.15, 0.2) is 5.65 Å². The minimum atomic E-state index is -0.304. The lowest BCUT2D eigenvalue weighted by Gasteiger charge is -2.04. The first-order chi connectivity index (χ1) is 8.79. The monoisotopic (exact) mass is 242 g/mol. The summed E-state index contributed by atoms with van der Waals surface area (Å²) in [5.74, 6) is -0.304. The Morgan fingerprint density at radius 1 is 1.22 bits per heavy atom. The molecule has 5 heteroatoms. The number of fused-ring (bicyclic) bond motifs is 1. The van der Waals surface area contributed by atoms with E-state index < -0.39 is 0 Å². The van der Waals surface area contributed by atoms with E-state index >= 15 is 0 Å². The van der Waals surface area contributed by atoms with E-state index in [-0.39, 0.29) is 5.82 Å². The topological polar surface area (TPSA) is 56.7 Å². The molecule has 0 aliphatic rings. The van der Waals surface area contributed by atoms with E-state index in [2.05, 4.69) is 9.97 Å². The van der Waals surface area contributed by atoms with Crippen LogP contribution in [0, 0.1) is 5.82 Å².